The predicted molar refractivity (Wildman–Crippen MR) is 169 cm³/mol. The minimum absolute atomic E-state index is 0.146. The maximum Gasteiger partial charge on any atom is 0.229 e. The van der Waals surface area contributed by atoms with Gasteiger partial charge in [-0.05, 0) is 31.0 Å². The lowest BCUT2D eigenvalue weighted by molar-refractivity contribution is -0.354. The second-order valence-corrected chi connectivity index (χ2v) is 12.8. The number of hydrogen-bond donors (Lipinski definition) is 12. The Labute approximate surface area is 296 Å². The summed E-state index contributed by atoms with van der Waals surface area (Å²) in [6.07, 6.45) is -23.2. The van der Waals surface area contributed by atoms with Gasteiger partial charge in [0.1, 0.15) is 89.6 Å². The van der Waals surface area contributed by atoms with Crippen LogP contribution in [0.2, 0.25) is 0 Å². The van der Waals surface area contributed by atoms with Gasteiger partial charge in [-0.3, -0.25) is 4.79 Å². The molecule has 2 aromatic rings. The third-order valence-corrected chi connectivity index (χ3v) is 9.19. The van der Waals surface area contributed by atoms with Gasteiger partial charge in [-0.2, -0.15) is 0 Å². The molecule has 0 radical (unpaired) electrons. The summed E-state index contributed by atoms with van der Waals surface area (Å²) in [5.74, 6) is -2.12. The van der Waals surface area contributed by atoms with Gasteiger partial charge in [0.15, 0.2) is 18.2 Å². The van der Waals surface area contributed by atoms with E-state index < -0.39 is 128 Å². The van der Waals surface area contributed by atoms with E-state index in [0.29, 0.717) is 5.56 Å². The molecule has 5 rings (SSSR count). The van der Waals surface area contributed by atoms with Gasteiger partial charge in [-0.15, -0.1) is 0 Å². The van der Waals surface area contributed by atoms with E-state index in [4.69, 9.17) is 28.4 Å². The fourth-order valence-electron chi connectivity index (χ4n) is 6.07. The van der Waals surface area contributed by atoms with Crippen molar-refractivity contribution in [1.29, 1.82) is 0 Å². The van der Waals surface area contributed by atoms with Gasteiger partial charge in [0.25, 0.3) is 0 Å². The van der Waals surface area contributed by atoms with E-state index in [1.165, 1.54) is 19.1 Å². The Balaban J connectivity index is 1.23. The van der Waals surface area contributed by atoms with Crippen LogP contribution < -0.4 is 9.47 Å². The number of carbonyl (C=O) groups is 1. The molecule has 0 aromatic heterocycles. The predicted octanol–water partition coefficient (Wildman–Crippen LogP) is -3.88. The Hall–Kier alpha value is -3.25. The molecule has 3 aliphatic rings. The zero-order chi connectivity index (χ0) is 38.0. The minimum atomic E-state index is -1.82. The summed E-state index contributed by atoms with van der Waals surface area (Å²) >= 11 is 0. The summed E-state index contributed by atoms with van der Waals surface area (Å²) in [6, 6.07) is 8.12. The third kappa shape index (κ3) is 8.43. The lowest BCUT2D eigenvalue weighted by Crippen LogP contribution is -2.64. The second kappa shape index (κ2) is 16.8. The Kier molecular flexibility index (Phi) is 12.9. The molecule has 12 N–H and O–H groups in total. The number of aromatic hydroxyl groups is 2. The number of ether oxygens (including phenoxy) is 6. The lowest BCUT2D eigenvalue weighted by atomic mass is 9.97. The van der Waals surface area contributed by atoms with Crippen molar-refractivity contribution in [2.24, 2.45) is 0 Å². The molecule has 0 saturated carbocycles. The van der Waals surface area contributed by atoms with Crippen molar-refractivity contribution in [2.75, 3.05) is 13.2 Å². The summed E-state index contributed by atoms with van der Waals surface area (Å²) in [7, 11) is 0. The fourth-order valence-corrected chi connectivity index (χ4v) is 6.07. The van der Waals surface area contributed by atoms with Crippen molar-refractivity contribution in [2.45, 2.75) is 112 Å². The molecule has 15 atom stereocenters. The normalized spacial score (nSPS) is 38.1. The third-order valence-electron chi connectivity index (χ3n) is 9.19. The largest absolute Gasteiger partial charge is 0.507 e. The number of aliphatic hydroxyl groups excluding tert-OH is 10. The van der Waals surface area contributed by atoms with Gasteiger partial charge < -0.3 is 89.7 Å². The maximum absolute atomic E-state index is 13.1. The number of Topliss-reactive ketones (excluding diaryl/α,β-unsaturated/α-hetero) is 1. The van der Waals surface area contributed by atoms with Crippen LogP contribution in [0, 0.1) is 0 Å². The second-order valence-electron chi connectivity index (χ2n) is 12.8. The number of benzene rings is 2. The van der Waals surface area contributed by atoms with E-state index in [1.54, 1.807) is 12.1 Å². The van der Waals surface area contributed by atoms with Gasteiger partial charge in [0.2, 0.25) is 12.6 Å². The van der Waals surface area contributed by atoms with Crippen LogP contribution in [-0.4, -0.2) is 172 Å². The van der Waals surface area contributed by atoms with Crippen LogP contribution in [0.3, 0.4) is 0 Å². The van der Waals surface area contributed by atoms with Crippen LogP contribution in [-0.2, 0) is 25.4 Å². The smallest absolute Gasteiger partial charge is 0.229 e. The van der Waals surface area contributed by atoms with Gasteiger partial charge >= 0.3 is 0 Å². The quantitative estimate of drug-likeness (QED) is 0.0925. The number of phenolic OH excluding ortho intramolecular Hbond substituents is 2. The molecular weight excluding hydrogens is 700 g/mol. The number of aryl methyl sites for hydroxylation is 1. The van der Waals surface area contributed by atoms with E-state index in [2.05, 4.69) is 0 Å². The van der Waals surface area contributed by atoms with Crippen molar-refractivity contribution in [3.63, 3.8) is 0 Å². The fraction of sp³-hybridized carbons (Fsp3) is 0.606. The molecule has 3 saturated heterocycles. The maximum atomic E-state index is 13.1. The Morgan fingerprint density at radius 2 is 1.15 bits per heavy atom. The molecule has 0 aliphatic carbocycles. The lowest BCUT2D eigenvalue weighted by Gasteiger charge is -2.45. The highest BCUT2D eigenvalue weighted by molar-refractivity contribution is 6.01. The van der Waals surface area contributed by atoms with Crippen LogP contribution in [0.15, 0.2) is 36.4 Å². The number of rotatable bonds is 12. The number of phenols is 2. The number of carbonyl (C=O) groups excluding carboxylic acids is 1. The van der Waals surface area contributed by atoms with E-state index >= 15 is 0 Å². The molecule has 0 unspecified atom stereocenters. The molecule has 0 amide bonds. The van der Waals surface area contributed by atoms with Gasteiger partial charge in [-0.25, -0.2) is 0 Å². The monoisotopic (exact) mass is 744 g/mol. The Morgan fingerprint density at radius 1 is 0.635 bits per heavy atom. The van der Waals surface area contributed by atoms with E-state index in [9.17, 15) is 66.1 Å². The first-order chi connectivity index (χ1) is 24.6. The summed E-state index contributed by atoms with van der Waals surface area (Å²) in [4.78, 5) is 13.1. The number of hydrogen-bond acceptors (Lipinski definition) is 19. The molecule has 19 heteroatoms. The van der Waals surface area contributed by atoms with Crippen molar-refractivity contribution < 1.29 is 94.5 Å². The summed E-state index contributed by atoms with van der Waals surface area (Å²) in [6.45, 7) is 0.00211. The average Bonchev–Trinajstić information content (AvgIpc) is 3.12. The minimum Gasteiger partial charge on any atom is -0.507 e. The Morgan fingerprint density at radius 3 is 1.75 bits per heavy atom. The zero-order valence-electron chi connectivity index (χ0n) is 27.7. The van der Waals surface area contributed by atoms with Crippen molar-refractivity contribution in [3.8, 4) is 23.0 Å². The summed E-state index contributed by atoms with van der Waals surface area (Å²) in [5, 5.41) is 122. The molecule has 0 bridgehead atoms. The van der Waals surface area contributed by atoms with Gasteiger partial charge in [0.05, 0.1) is 19.3 Å². The van der Waals surface area contributed by atoms with Crippen molar-refractivity contribution >= 4 is 5.78 Å². The molecule has 3 heterocycles. The van der Waals surface area contributed by atoms with Crippen molar-refractivity contribution in [1.82, 2.24) is 0 Å². The SMILES string of the molecule is C[C@@H]1O[C@@H](O[C@H]2[C@H](Oc3cc(O)c(C(=O)CCc4ccc(O[C@@H]5O[C@H](CO)[C@@H](O)[C@H](O)[C@H]5O)cc4)c(O)c3)O[C@H](CO)[C@@H](O)[C@@H]2O)[C@H](O)[C@H](O)[C@H]1O. The van der Waals surface area contributed by atoms with E-state index in [0.717, 1.165) is 12.1 Å². The molecular formula is C33H44O19. The van der Waals surface area contributed by atoms with Crippen LogP contribution in [0.4, 0.5) is 0 Å². The molecule has 52 heavy (non-hydrogen) atoms. The standard InChI is InChI=1S/C33H44O19/c1-12-22(39)25(42)28(45)31(47-12)52-30-27(44)24(41)20(11-35)51-33(30)49-15-8-17(37)21(18(38)9-15)16(36)7-4-13-2-5-14(6-3-13)48-32-29(46)26(43)23(40)19(10-34)50-32/h2-3,5-6,8-9,12,19-20,22-35,37-46H,4,7,10-11H2,1H3/t12-,19+,20+,22-,23+,24+,25+,26-,27-,28+,29+,30+,31-,32+,33+/m0/s1. The Bertz CT molecular complexity index is 1470. The molecule has 3 aliphatic heterocycles. The first kappa shape index (κ1) is 39.9. The van der Waals surface area contributed by atoms with E-state index in [-0.39, 0.29) is 24.3 Å². The summed E-state index contributed by atoms with van der Waals surface area (Å²) < 4.78 is 33.2. The van der Waals surface area contributed by atoms with Crippen LogP contribution in [0.25, 0.3) is 0 Å². The molecule has 3 fully saturated rings. The molecule has 0 spiro atoms. The van der Waals surface area contributed by atoms with Crippen LogP contribution >= 0.6 is 0 Å². The molecule has 290 valence electrons. The van der Waals surface area contributed by atoms with Gasteiger partial charge in [-0.1, -0.05) is 12.1 Å². The van der Waals surface area contributed by atoms with Crippen molar-refractivity contribution in [3.05, 3.63) is 47.5 Å². The number of aliphatic hydroxyl groups is 10. The topological polar surface area (TPSA) is 315 Å². The highest BCUT2D eigenvalue weighted by Crippen LogP contribution is 2.37. The first-order valence-electron chi connectivity index (χ1n) is 16.4. The van der Waals surface area contributed by atoms with E-state index in [1.807, 2.05) is 0 Å². The highest BCUT2D eigenvalue weighted by Gasteiger charge is 2.51. The zero-order valence-corrected chi connectivity index (χ0v) is 27.7. The number of ketones is 1. The summed E-state index contributed by atoms with van der Waals surface area (Å²) in [5.41, 5.74) is 0.202. The van der Waals surface area contributed by atoms with Crippen LogP contribution in [0.1, 0.15) is 29.3 Å². The molecule has 2 aromatic carbocycles. The average molecular weight is 745 g/mol. The molecule has 19 nitrogen and oxygen atoms in total. The van der Waals surface area contributed by atoms with Crippen LogP contribution in [0.5, 0.6) is 23.0 Å². The highest BCUT2D eigenvalue weighted by atomic mass is 16.8. The first-order valence-corrected chi connectivity index (χ1v) is 16.4. The van der Waals surface area contributed by atoms with Gasteiger partial charge in [0, 0.05) is 18.6 Å².